The van der Waals surface area contributed by atoms with Crippen molar-refractivity contribution in [2.75, 3.05) is 12.4 Å². The van der Waals surface area contributed by atoms with Gasteiger partial charge in [-0.05, 0) is 49.4 Å². The Bertz CT molecular complexity index is 838. The molecular formula is C18H18N4O. The number of nitrogens with one attached hydrogen (secondary N) is 1. The molecule has 2 N–H and O–H groups in total. The number of anilines is 1. The summed E-state index contributed by atoms with van der Waals surface area (Å²) in [7, 11) is 1.80. The number of pyridine rings is 1. The molecule has 2 heterocycles. The first-order chi connectivity index (χ1) is 11.0. The van der Waals surface area contributed by atoms with Gasteiger partial charge in [-0.3, -0.25) is 0 Å². The number of allylic oxidation sites excluding steroid dienone is 1. The van der Waals surface area contributed by atoms with Crippen LogP contribution in [0.15, 0.2) is 30.6 Å². The molecule has 0 unspecified atom stereocenters. The lowest BCUT2D eigenvalue weighted by Crippen LogP contribution is -2.14. The van der Waals surface area contributed by atoms with Crippen molar-refractivity contribution >= 4 is 11.5 Å². The zero-order chi connectivity index (χ0) is 16.4. The molecule has 1 aliphatic carbocycles. The monoisotopic (exact) mass is 306 g/mol. The number of hydrogen-bond donors (Lipinski definition) is 2. The van der Waals surface area contributed by atoms with Crippen LogP contribution in [0, 0.1) is 11.8 Å². The molecule has 3 rings (SSSR count). The average Bonchev–Trinajstić information content (AvgIpc) is 2.95. The Labute approximate surface area is 135 Å². The van der Waals surface area contributed by atoms with Crippen molar-refractivity contribution in [2.24, 2.45) is 0 Å². The number of fused-ring (bicyclic) bond motifs is 1. The zero-order valence-electron chi connectivity index (χ0n) is 13.4. The standard InChI is InChI=1S/C18H18N4O/c1-18(2,23)8-6-13-10-15-12(11-21-13)4-5-14(15)16-7-9-20-17(19-3)22-16/h5,7,9-11,23H,4H2,1-3H3,(H,19,20,22). The van der Waals surface area contributed by atoms with Gasteiger partial charge >= 0.3 is 0 Å². The first-order valence-corrected chi connectivity index (χ1v) is 7.42. The summed E-state index contributed by atoms with van der Waals surface area (Å²) in [5.41, 5.74) is 3.78. The largest absolute Gasteiger partial charge is 0.378 e. The van der Waals surface area contributed by atoms with E-state index in [1.54, 1.807) is 27.1 Å². The molecule has 0 fully saturated rings. The highest BCUT2D eigenvalue weighted by Gasteiger charge is 2.18. The molecule has 23 heavy (non-hydrogen) atoms. The van der Waals surface area contributed by atoms with E-state index in [-0.39, 0.29) is 0 Å². The van der Waals surface area contributed by atoms with Gasteiger partial charge in [0.1, 0.15) is 11.3 Å². The molecule has 0 aliphatic heterocycles. The van der Waals surface area contributed by atoms with Crippen LogP contribution >= 0.6 is 0 Å². The minimum atomic E-state index is -1.03. The summed E-state index contributed by atoms with van der Waals surface area (Å²) in [4.78, 5) is 13.0. The van der Waals surface area contributed by atoms with E-state index in [1.807, 2.05) is 18.3 Å². The Hall–Kier alpha value is -2.71. The molecule has 0 spiro atoms. The van der Waals surface area contributed by atoms with Crippen LogP contribution in [0.1, 0.15) is 36.4 Å². The fourth-order valence-corrected chi connectivity index (χ4v) is 2.38. The second-order valence-electron chi connectivity index (χ2n) is 5.87. The molecule has 2 aromatic rings. The van der Waals surface area contributed by atoms with Crippen LogP contribution in [0.3, 0.4) is 0 Å². The summed E-state index contributed by atoms with van der Waals surface area (Å²) in [5.74, 6) is 6.31. The minimum Gasteiger partial charge on any atom is -0.378 e. The smallest absolute Gasteiger partial charge is 0.222 e. The Morgan fingerprint density at radius 1 is 1.30 bits per heavy atom. The Morgan fingerprint density at radius 3 is 2.87 bits per heavy atom. The van der Waals surface area contributed by atoms with Crippen LogP contribution in [0.2, 0.25) is 0 Å². The van der Waals surface area contributed by atoms with E-state index < -0.39 is 5.60 Å². The SMILES string of the molecule is CNc1nccc(C2=CCc3cnc(C#CC(C)(C)O)cc32)n1. The van der Waals surface area contributed by atoms with E-state index >= 15 is 0 Å². The molecule has 116 valence electrons. The van der Waals surface area contributed by atoms with Crippen molar-refractivity contribution in [1.82, 2.24) is 15.0 Å². The highest BCUT2D eigenvalue weighted by Crippen LogP contribution is 2.31. The third-order valence-corrected chi connectivity index (χ3v) is 3.45. The molecular weight excluding hydrogens is 288 g/mol. The van der Waals surface area contributed by atoms with Gasteiger partial charge in [-0.2, -0.15) is 0 Å². The highest BCUT2D eigenvalue weighted by molar-refractivity contribution is 5.83. The van der Waals surface area contributed by atoms with Crippen LogP contribution in [0.4, 0.5) is 5.95 Å². The van der Waals surface area contributed by atoms with Crippen molar-refractivity contribution in [1.29, 1.82) is 0 Å². The van der Waals surface area contributed by atoms with Crippen LogP contribution in [-0.4, -0.2) is 32.7 Å². The summed E-state index contributed by atoms with van der Waals surface area (Å²) >= 11 is 0. The summed E-state index contributed by atoms with van der Waals surface area (Å²) in [5, 5.41) is 12.7. The van der Waals surface area contributed by atoms with Gasteiger partial charge in [0.25, 0.3) is 0 Å². The van der Waals surface area contributed by atoms with E-state index in [0.717, 1.165) is 28.8 Å². The van der Waals surface area contributed by atoms with Crippen LogP contribution < -0.4 is 5.32 Å². The fraction of sp³-hybridized carbons (Fsp3) is 0.278. The maximum atomic E-state index is 9.72. The topological polar surface area (TPSA) is 70.9 Å². The normalized spacial score (nSPS) is 13.0. The third kappa shape index (κ3) is 3.38. The van der Waals surface area contributed by atoms with Gasteiger partial charge < -0.3 is 10.4 Å². The third-order valence-electron chi connectivity index (χ3n) is 3.45. The van der Waals surface area contributed by atoms with Crippen molar-refractivity contribution in [3.63, 3.8) is 0 Å². The molecule has 0 saturated carbocycles. The lowest BCUT2D eigenvalue weighted by atomic mass is 10.0. The zero-order valence-corrected chi connectivity index (χ0v) is 13.4. The number of aromatic nitrogens is 3. The maximum Gasteiger partial charge on any atom is 0.222 e. The van der Waals surface area contributed by atoms with Gasteiger partial charge in [-0.25, -0.2) is 15.0 Å². The Kier molecular flexibility index (Phi) is 3.85. The molecule has 0 atom stereocenters. The lowest BCUT2D eigenvalue weighted by molar-refractivity contribution is 0.143. The maximum absolute atomic E-state index is 9.72. The van der Waals surface area contributed by atoms with Crippen LogP contribution in [0.25, 0.3) is 5.57 Å². The molecule has 0 amide bonds. The minimum absolute atomic E-state index is 0.591. The second-order valence-corrected chi connectivity index (χ2v) is 5.87. The predicted octanol–water partition coefficient (Wildman–Crippen LogP) is 2.02. The number of hydrogen-bond acceptors (Lipinski definition) is 5. The highest BCUT2D eigenvalue weighted by atomic mass is 16.3. The molecule has 0 bridgehead atoms. The van der Waals surface area contributed by atoms with E-state index in [9.17, 15) is 5.11 Å². The van der Waals surface area contributed by atoms with E-state index in [0.29, 0.717) is 11.6 Å². The number of rotatable bonds is 2. The molecule has 0 aromatic carbocycles. The quantitative estimate of drug-likeness (QED) is 0.831. The molecule has 0 radical (unpaired) electrons. The first kappa shape index (κ1) is 15.2. The van der Waals surface area contributed by atoms with Crippen molar-refractivity contribution in [3.05, 3.63) is 53.1 Å². The van der Waals surface area contributed by atoms with Gasteiger partial charge in [0.2, 0.25) is 5.95 Å². The fourth-order valence-electron chi connectivity index (χ4n) is 2.38. The Balaban J connectivity index is 1.99. The lowest BCUT2D eigenvalue weighted by Gasteiger charge is -2.08. The molecule has 5 nitrogen and oxygen atoms in total. The van der Waals surface area contributed by atoms with Crippen molar-refractivity contribution in [2.45, 2.75) is 25.9 Å². The van der Waals surface area contributed by atoms with Crippen molar-refractivity contribution < 1.29 is 5.11 Å². The first-order valence-electron chi connectivity index (χ1n) is 7.42. The summed E-state index contributed by atoms with van der Waals surface area (Å²) in [6, 6.07) is 3.85. The van der Waals surface area contributed by atoms with Crippen LogP contribution in [-0.2, 0) is 6.42 Å². The van der Waals surface area contributed by atoms with Gasteiger partial charge in [-0.1, -0.05) is 12.0 Å². The van der Waals surface area contributed by atoms with E-state index in [1.165, 1.54) is 0 Å². The number of aliphatic hydroxyl groups is 1. The summed E-state index contributed by atoms with van der Waals surface area (Å²) < 4.78 is 0. The van der Waals surface area contributed by atoms with E-state index in [2.05, 4.69) is 38.2 Å². The average molecular weight is 306 g/mol. The van der Waals surface area contributed by atoms with Gasteiger partial charge in [0, 0.05) is 25.0 Å². The molecule has 5 heteroatoms. The summed E-state index contributed by atoms with van der Waals surface area (Å²) in [6.07, 6.45) is 6.55. The molecule has 2 aromatic heterocycles. The Morgan fingerprint density at radius 2 is 2.13 bits per heavy atom. The van der Waals surface area contributed by atoms with Crippen LogP contribution in [0.5, 0.6) is 0 Å². The molecule has 0 saturated heterocycles. The molecule has 1 aliphatic rings. The van der Waals surface area contributed by atoms with Gasteiger partial charge in [0.05, 0.1) is 5.69 Å². The summed E-state index contributed by atoms with van der Waals surface area (Å²) in [6.45, 7) is 3.30. The van der Waals surface area contributed by atoms with E-state index in [4.69, 9.17) is 0 Å². The predicted molar refractivity (Wildman–Crippen MR) is 89.8 cm³/mol. The van der Waals surface area contributed by atoms with Gasteiger partial charge in [0.15, 0.2) is 0 Å². The van der Waals surface area contributed by atoms with Crippen molar-refractivity contribution in [3.8, 4) is 11.8 Å². The number of nitrogens with zero attached hydrogens (tertiary/aromatic N) is 3. The second kappa shape index (κ2) is 5.82. The van der Waals surface area contributed by atoms with Gasteiger partial charge in [-0.15, -0.1) is 0 Å².